The molecule has 0 N–H and O–H groups in total. The average Bonchev–Trinajstić information content (AvgIpc) is 3.06. The summed E-state index contributed by atoms with van der Waals surface area (Å²) in [7, 11) is 1.66. The average molecular weight is 272 g/mol. The molecule has 1 saturated carbocycles. The van der Waals surface area contributed by atoms with Crippen molar-refractivity contribution in [2.24, 2.45) is 0 Å². The van der Waals surface area contributed by atoms with Crippen molar-refractivity contribution in [3.63, 3.8) is 0 Å². The highest BCUT2D eigenvalue weighted by Gasteiger charge is 2.45. The van der Waals surface area contributed by atoms with Gasteiger partial charge in [0.05, 0.1) is 0 Å². The molecule has 20 heavy (non-hydrogen) atoms. The molecular weight excluding hydrogens is 252 g/mol. The Balaban J connectivity index is 1.79. The Labute approximate surface area is 119 Å². The maximum absolute atomic E-state index is 5.43. The van der Waals surface area contributed by atoms with E-state index in [4.69, 9.17) is 9.26 Å². The van der Waals surface area contributed by atoms with Crippen molar-refractivity contribution in [2.45, 2.75) is 44.6 Å². The third kappa shape index (κ3) is 2.24. The number of aromatic nitrogens is 2. The van der Waals surface area contributed by atoms with Crippen molar-refractivity contribution in [1.29, 1.82) is 0 Å². The normalized spacial score (nSPS) is 22.0. The number of nitrogens with zero attached hydrogens (tertiary/aromatic N) is 2. The molecule has 0 radical (unpaired) electrons. The SMILES string of the molecule is COC(C)(C)c1noc([C@@H]2C[C@H]2c2ccccc2C)n1. The molecule has 1 fully saturated rings. The predicted octanol–water partition coefficient (Wildman–Crippen LogP) is 3.53. The van der Waals surface area contributed by atoms with Gasteiger partial charge in [-0.3, -0.25) is 0 Å². The van der Waals surface area contributed by atoms with E-state index in [-0.39, 0.29) is 0 Å². The molecule has 0 saturated heterocycles. The molecule has 3 rings (SSSR count). The van der Waals surface area contributed by atoms with Gasteiger partial charge in [0.25, 0.3) is 0 Å². The topological polar surface area (TPSA) is 48.2 Å². The first kappa shape index (κ1) is 13.3. The van der Waals surface area contributed by atoms with Crippen molar-refractivity contribution in [3.05, 3.63) is 47.1 Å². The standard InChI is InChI=1S/C16H20N2O2/c1-10-7-5-6-8-11(10)12-9-13(12)14-17-15(18-20-14)16(2,3)19-4/h5-8,12-13H,9H2,1-4H3/t12-,13+/m0/s1. The molecule has 2 aromatic rings. The first-order valence-corrected chi connectivity index (χ1v) is 6.97. The van der Waals surface area contributed by atoms with Crippen LogP contribution in [-0.4, -0.2) is 17.3 Å². The van der Waals surface area contributed by atoms with Gasteiger partial charge in [-0.15, -0.1) is 0 Å². The van der Waals surface area contributed by atoms with E-state index in [9.17, 15) is 0 Å². The number of aryl methyl sites for hydroxylation is 1. The molecular formula is C16H20N2O2. The van der Waals surface area contributed by atoms with E-state index in [0.717, 1.165) is 12.3 Å². The summed E-state index contributed by atoms with van der Waals surface area (Å²) >= 11 is 0. The van der Waals surface area contributed by atoms with Gasteiger partial charge < -0.3 is 9.26 Å². The zero-order valence-corrected chi connectivity index (χ0v) is 12.4. The van der Waals surface area contributed by atoms with Crippen LogP contribution in [0, 0.1) is 6.92 Å². The summed E-state index contributed by atoms with van der Waals surface area (Å²) in [6, 6.07) is 8.50. The van der Waals surface area contributed by atoms with Crippen LogP contribution in [0.5, 0.6) is 0 Å². The monoisotopic (exact) mass is 272 g/mol. The van der Waals surface area contributed by atoms with E-state index in [2.05, 4.69) is 41.3 Å². The molecule has 0 aliphatic heterocycles. The fourth-order valence-electron chi connectivity index (χ4n) is 2.54. The van der Waals surface area contributed by atoms with Crippen LogP contribution in [0.1, 0.15) is 54.9 Å². The Morgan fingerprint density at radius 1 is 1.25 bits per heavy atom. The van der Waals surface area contributed by atoms with Crippen LogP contribution in [0.25, 0.3) is 0 Å². The molecule has 106 valence electrons. The van der Waals surface area contributed by atoms with Crippen molar-refractivity contribution < 1.29 is 9.26 Å². The Kier molecular flexibility index (Phi) is 3.13. The van der Waals surface area contributed by atoms with Crippen molar-refractivity contribution in [1.82, 2.24) is 10.1 Å². The van der Waals surface area contributed by atoms with Gasteiger partial charge >= 0.3 is 0 Å². The molecule has 1 aromatic carbocycles. The van der Waals surface area contributed by atoms with E-state index >= 15 is 0 Å². The molecule has 1 heterocycles. The Morgan fingerprint density at radius 2 is 2.00 bits per heavy atom. The van der Waals surface area contributed by atoms with Crippen molar-refractivity contribution in [3.8, 4) is 0 Å². The zero-order valence-electron chi connectivity index (χ0n) is 12.4. The fraction of sp³-hybridized carbons (Fsp3) is 0.500. The molecule has 2 atom stereocenters. The summed E-state index contributed by atoms with van der Waals surface area (Å²) in [6.07, 6.45) is 1.08. The quantitative estimate of drug-likeness (QED) is 0.854. The van der Waals surface area contributed by atoms with Crippen LogP contribution < -0.4 is 0 Å². The molecule has 0 bridgehead atoms. The number of ether oxygens (including phenoxy) is 1. The molecule has 1 aliphatic rings. The van der Waals surface area contributed by atoms with Gasteiger partial charge in [0.2, 0.25) is 11.7 Å². The second-order valence-corrected chi connectivity index (χ2v) is 5.98. The molecule has 1 aromatic heterocycles. The van der Waals surface area contributed by atoms with Gasteiger partial charge in [0.15, 0.2) is 0 Å². The van der Waals surface area contributed by atoms with Gasteiger partial charge in [-0.1, -0.05) is 29.4 Å². The number of hydrogen-bond acceptors (Lipinski definition) is 4. The summed E-state index contributed by atoms with van der Waals surface area (Å²) in [6.45, 7) is 6.03. The van der Waals surface area contributed by atoms with Gasteiger partial charge in [0, 0.05) is 13.0 Å². The summed E-state index contributed by atoms with van der Waals surface area (Å²) in [5.74, 6) is 2.21. The molecule has 1 aliphatic carbocycles. The summed E-state index contributed by atoms with van der Waals surface area (Å²) in [4.78, 5) is 4.52. The van der Waals surface area contributed by atoms with E-state index in [1.807, 2.05) is 13.8 Å². The molecule has 4 heteroatoms. The van der Waals surface area contributed by atoms with Crippen molar-refractivity contribution >= 4 is 0 Å². The third-order valence-electron chi connectivity index (χ3n) is 4.19. The van der Waals surface area contributed by atoms with E-state index in [1.165, 1.54) is 11.1 Å². The highest BCUT2D eigenvalue weighted by Crippen LogP contribution is 2.54. The predicted molar refractivity (Wildman–Crippen MR) is 75.6 cm³/mol. The number of benzene rings is 1. The first-order chi connectivity index (χ1) is 9.53. The van der Waals surface area contributed by atoms with E-state index < -0.39 is 5.60 Å². The van der Waals surface area contributed by atoms with Crippen molar-refractivity contribution in [2.75, 3.05) is 7.11 Å². The fourth-order valence-corrected chi connectivity index (χ4v) is 2.54. The largest absolute Gasteiger partial charge is 0.371 e. The summed E-state index contributed by atoms with van der Waals surface area (Å²) in [5.41, 5.74) is 2.22. The van der Waals surface area contributed by atoms with Gasteiger partial charge in [-0.05, 0) is 44.2 Å². The molecule has 0 amide bonds. The van der Waals surface area contributed by atoms with Gasteiger partial charge in [-0.25, -0.2) is 0 Å². The van der Waals surface area contributed by atoms with Crippen LogP contribution >= 0.6 is 0 Å². The lowest BCUT2D eigenvalue weighted by molar-refractivity contribution is 0.00973. The first-order valence-electron chi connectivity index (χ1n) is 6.97. The molecule has 0 spiro atoms. The molecule has 4 nitrogen and oxygen atoms in total. The highest BCUT2D eigenvalue weighted by atomic mass is 16.5. The van der Waals surface area contributed by atoms with Crippen LogP contribution in [0.4, 0.5) is 0 Å². The number of rotatable bonds is 4. The van der Waals surface area contributed by atoms with E-state index in [0.29, 0.717) is 17.7 Å². The lowest BCUT2D eigenvalue weighted by atomic mass is 10.0. The van der Waals surface area contributed by atoms with Crippen LogP contribution in [0.3, 0.4) is 0 Å². The summed E-state index contributed by atoms with van der Waals surface area (Å²) < 4.78 is 10.8. The van der Waals surface area contributed by atoms with Crippen LogP contribution in [-0.2, 0) is 10.3 Å². The second-order valence-electron chi connectivity index (χ2n) is 5.98. The lowest BCUT2D eigenvalue weighted by Gasteiger charge is -2.17. The minimum Gasteiger partial charge on any atom is -0.371 e. The minimum atomic E-state index is -0.505. The minimum absolute atomic E-state index is 0.352. The molecule has 0 unspecified atom stereocenters. The maximum atomic E-state index is 5.43. The maximum Gasteiger partial charge on any atom is 0.230 e. The smallest absolute Gasteiger partial charge is 0.230 e. The van der Waals surface area contributed by atoms with Crippen LogP contribution in [0.2, 0.25) is 0 Å². The Morgan fingerprint density at radius 3 is 2.70 bits per heavy atom. The van der Waals surface area contributed by atoms with Gasteiger partial charge in [0.1, 0.15) is 5.60 Å². The third-order valence-corrected chi connectivity index (χ3v) is 4.19. The lowest BCUT2D eigenvalue weighted by Crippen LogP contribution is -2.21. The van der Waals surface area contributed by atoms with Crippen LogP contribution in [0.15, 0.2) is 28.8 Å². The van der Waals surface area contributed by atoms with E-state index in [1.54, 1.807) is 7.11 Å². The summed E-state index contributed by atoms with van der Waals surface area (Å²) in [5, 5.41) is 4.06. The highest BCUT2D eigenvalue weighted by molar-refractivity contribution is 5.36. The number of hydrogen-bond donors (Lipinski definition) is 0. The Bertz CT molecular complexity index is 618. The zero-order chi connectivity index (χ0) is 14.3. The Hall–Kier alpha value is -1.68. The number of methoxy groups -OCH3 is 1. The van der Waals surface area contributed by atoms with Gasteiger partial charge in [-0.2, -0.15) is 4.98 Å². The second kappa shape index (κ2) is 4.70.